The lowest BCUT2D eigenvalue weighted by Gasteiger charge is -2.34. The number of rotatable bonds is 6. The van der Waals surface area contributed by atoms with Crippen LogP contribution in [0.2, 0.25) is 0 Å². The number of aromatic nitrogens is 1. The molecule has 1 unspecified atom stereocenters. The van der Waals surface area contributed by atoms with Gasteiger partial charge in [-0.15, -0.1) is 11.3 Å². The van der Waals surface area contributed by atoms with Gasteiger partial charge in [0.2, 0.25) is 5.91 Å². The van der Waals surface area contributed by atoms with Gasteiger partial charge in [0.15, 0.2) is 0 Å². The Bertz CT molecular complexity index is 427. The number of hydrogen-bond acceptors (Lipinski definition) is 5. The summed E-state index contributed by atoms with van der Waals surface area (Å²) < 4.78 is 0. The van der Waals surface area contributed by atoms with E-state index in [1.165, 1.54) is 5.01 Å². The smallest absolute Gasteiger partial charge is 0.236 e. The lowest BCUT2D eigenvalue weighted by molar-refractivity contribution is -0.130. The second-order valence-electron chi connectivity index (χ2n) is 5.84. The zero-order valence-corrected chi connectivity index (χ0v) is 14.0. The molecule has 1 aliphatic heterocycles. The second-order valence-corrected chi connectivity index (χ2v) is 6.76. The molecule has 1 amide bonds. The zero-order chi connectivity index (χ0) is 15.2. The van der Waals surface area contributed by atoms with Gasteiger partial charge in [-0.1, -0.05) is 6.92 Å². The molecular formula is C15H26N4OS. The lowest BCUT2D eigenvalue weighted by Crippen LogP contribution is -2.46. The summed E-state index contributed by atoms with van der Waals surface area (Å²) in [4.78, 5) is 20.1. The second kappa shape index (κ2) is 7.87. The van der Waals surface area contributed by atoms with Crippen LogP contribution in [0.4, 0.5) is 0 Å². The molecule has 2 heterocycles. The van der Waals surface area contributed by atoms with E-state index in [4.69, 9.17) is 0 Å². The van der Waals surface area contributed by atoms with E-state index in [0.717, 1.165) is 32.4 Å². The molecule has 5 nitrogen and oxygen atoms in total. The number of nitrogens with one attached hydrogen (secondary N) is 1. The van der Waals surface area contributed by atoms with Crippen molar-refractivity contribution < 1.29 is 4.79 Å². The van der Waals surface area contributed by atoms with Crippen molar-refractivity contribution in [3.63, 3.8) is 0 Å². The summed E-state index contributed by atoms with van der Waals surface area (Å²) in [5.74, 6) is 0.190. The highest BCUT2D eigenvalue weighted by Crippen LogP contribution is 2.22. The normalized spacial score (nSPS) is 18.6. The first-order valence-corrected chi connectivity index (χ1v) is 8.56. The Labute approximate surface area is 131 Å². The van der Waals surface area contributed by atoms with E-state index in [1.807, 2.05) is 25.7 Å². The molecule has 1 fully saturated rings. The summed E-state index contributed by atoms with van der Waals surface area (Å²) in [5.41, 5.74) is 0. The van der Waals surface area contributed by atoms with Crippen LogP contribution in [0.3, 0.4) is 0 Å². The van der Waals surface area contributed by atoms with Crippen LogP contribution in [0, 0.1) is 0 Å². The van der Waals surface area contributed by atoms with Gasteiger partial charge in [0.05, 0.1) is 12.6 Å². The summed E-state index contributed by atoms with van der Waals surface area (Å²) in [7, 11) is 3.63. The summed E-state index contributed by atoms with van der Waals surface area (Å²) in [5, 5.41) is 6.95. The third-order valence-electron chi connectivity index (χ3n) is 4.04. The van der Waals surface area contributed by atoms with Gasteiger partial charge in [0.1, 0.15) is 5.01 Å². The van der Waals surface area contributed by atoms with Crippen molar-refractivity contribution in [3.8, 4) is 0 Å². The first kappa shape index (κ1) is 16.4. The molecule has 1 N–H and O–H groups in total. The van der Waals surface area contributed by atoms with Crippen LogP contribution in [0.15, 0.2) is 11.6 Å². The number of carbonyl (C=O) groups is 1. The Balaban J connectivity index is 1.77. The molecule has 0 spiro atoms. The van der Waals surface area contributed by atoms with Crippen LogP contribution in [-0.2, 0) is 4.79 Å². The van der Waals surface area contributed by atoms with Crippen LogP contribution >= 0.6 is 11.3 Å². The topological polar surface area (TPSA) is 48.5 Å². The van der Waals surface area contributed by atoms with E-state index in [9.17, 15) is 4.79 Å². The van der Waals surface area contributed by atoms with E-state index in [2.05, 4.69) is 22.1 Å². The van der Waals surface area contributed by atoms with E-state index in [1.54, 1.807) is 16.2 Å². The molecule has 0 aliphatic carbocycles. The molecule has 0 saturated carbocycles. The molecule has 118 valence electrons. The fourth-order valence-electron chi connectivity index (χ4n) is 2.65. The Hall–Kier alpha value is -0.980. The first-order valence-electron chi connectivity index (χ1n) is 7.68. The summed E-state index contributed by atoms with van der Waals surface area (Å²) >= 11 is 1.72. The SMILES string of the molecule is CCC(NC1CCN(CC(=O)N(C)C)CC1)c1nccs1. The molecule has 0 aromatic carbocycles. The largest absolute Gasteiger partial charge is 0.348 e. The molecule has 1 aromatic heterocycles. The van der Waals surface area contributed by atoms with E-state index in [0.29, 0.717) is 18.6 Å². The quantitative estimate of drug-likeness (QED) is 0.869. The highest BCUT2D eigenvalue weighted by Gasteiger charge is 2.24. The number of likely N-dealkylation sites (tertiary alicyclic amines) is 1. The summed E-state index contributed by atoms with van der Waals surface area (Å²) in [6, 6.07) is 0.898. The molecule has 21 heavy (non-hydrogen) atoms. The minimum absolute atomic E-state index is 0.190. The molecule has 1 saturated heterocycles. The molecule has 0 radical (unpaired) electrons. The third kappa shape index (κ3) is 4.76. The van der Waals surface area contributed by atoms with Crippen molar-refractivity contribution in [2.45, 2.75) is 38.3 Å². The van der Waals surface area contributed by atoms with Crippen LogP contribution in [0.5, 0.6) is 0 Å². The van der Waals surface area contributed by atoms with Crippen molar-refractivity contribution in [2.75, 3.05) is 33.7 Å². The van der Waals surface area contributed by atoms with Crippen LogP contribution in [-0.4, -0.2) is 60.5 Å². The average molecular weight is 310 g/mol. The van der Waals surface area contributed by atoms with Gasteiger partial charge >= 0.3 is 0 Å². The molecule has 6 heteroatoms. The maximum atomic E-state index is 11.7. The number of piperidine rings is 1. The van der Waals surface area contributed by atoms with Crippen LogP contribution in [0.25, 0.3) is 0 Å². The Kier molecular flexibility index (Phi) is 6.14. The maximum absolute atomic E-state index is 11.7. The molecule has 2 rings (SSSR count). The third-order valence-corrected chi connectivity index (χ3v) is 4.93. The standard InChI is InChI=1S/C15H26N4OS/c1-4-13(15-16-7-10-21-15)17-12-5-8-19(9-6-12)11-14(20)18(2)3/h7,10,12-13,17H,4-6,8-9,11H2,1-3H3. The minimum Gasteiger partial charge on any atom is -0.348 e. The predicted molar refractivity (Wildman–Crippen MR) is 86.4 cm³/mol. The van der Waals surface area contributed by atoms with Crippen LogP contribution < -0.4 is 5.32 Å². The number of carbonyl (C=O) groups excluding carboxylic acids is 1. The Morgan fingerprint density at radius 3 is 2.76 bits per heavy atom. The molecule has 1 aromatic rings. The highest BCUT2D eigenvalue weighted by molar-refractivity contribution is 7.09. The zero-order valence-electron chi connectivity index (χ0n) is 13.2. The van der Waals surface area contributed by atoms with E-state index >= 15 is 0 Å². The number of nitrogens with zero attached hydrogens (tertiary/aromatic N) is 3. The monoisotopic (exact) mass is 310 g/mol. The van der Waals surface area contributed by atoms with Crippen molar-refractivity contribution in [1.82, 2.24) is 20.1 Å². The summed E-state index contributed by atoms with van der Waals surface area (Å²) in [6.45, 7) is 4.73. The van der Waals surface area contributed by atoms with Crippen molar-refractivity contribution in [2.24, 2.45) is 0 Å². The molecule has 1 atom stereocenters. The van der Waals surface area contributed by atoms with Crippen molar-refractivity contribution in [3.05, 3.63) is 16.6 Å². The highest BCUT2D eigenvalue weighted by atomic mass is 32.1. The molecule has 0 bridgehead atoms. The maximum Gasteiger partial charge on any atom is 0.236 e. The van der Waals surface area contributed by atoms with E-state index in [-0.39, 0.29) is 5.91 Å². The van der Waals surface area contributed by atoms with Crippen molar-refractivity contribution in [1.29, 1.82) is 0 Å². The van der Waals surface area contributed by atoms with Crippen molar-refractivity contribution >= 4 is 17.2 Å². The number of thiazole rings is 1. The van der Waals surface area contributed by atoms with Gasteiger partial charge in [0.25, 0.3) is 0 Å². The van der Waals surface area contributed by atoms with Gasteiger partial charge in [-0.3, -0.25) is 9.69 Å². The number of hydrogen-bond donors (Lipinski definition) is 1. The minimum atomic E-state index is 0.190. The Morgan fingerprint density at radius 1 is 1.52 bits per heavy atom. The predicted octanol–water partition coefficient (Wildman–Crippen LogP) is 1.74. The lowest BCUT2D eigenvalue weighted by atomic mass is 10.0. The van der Waals surface area contributed by atoms with Gasteiger partial charge in [-0.25, -0.2) is 4.98 Å². The van der Waals surface area contributed by atoms with Gasteiger partial charge in [-0.2, -0.15) is 0 Å². The fraction of sp³-hybridized carbons (Fsp3) is 0.733. The van der Waals surface area contributed by atoms with Gasteiger partial charge in [-0.05, 0) is 19.3 Å². The average Bonchev–Trinajstić information content (AvgIpc) is 3.00. The van der Waals surface area contributed by atoms with Crippen LogP contribution in [0.1, 0.15) is 37.2 Å². The number of likely N-dealkylation sites (N-methyl/N-ethyl adjacent to an activating group) is 1. The van der Waals surface area contributed by atoms with Gasteiger partial charge < -0.3 is 10.2 Å². The summed E-state index contributed by atoms with van der Waals surface area (Å²) in [6.07, 6.45) is 5.14. The Morgan fingerprint density at radius 2 is 2.24 bits per heavy atom. The molecule has 1 aliphatic rings. The first-order chi connectivity index (χ1) is 10.1. The number of amides is 1. The van der Waals surface area contributed by atoms with E-state index < -0.39 is 0 Å². The molecular weight excluding hydrogens is 284 g/mol. The van der Waals surface area contributed by atoms with Gasteiger partial charge in [0, 0.05) is 44.8 Å². The fourth-order valence-corrected chi connectivity index (χ4v) is 3.43.